The minimum Gasteiger partial charge on any atom is -0.497 e. The predicted molar refractivity (Wildman–Crippen MR) is 244 cm³/mol. The molecule has 1 unspecified atom stereocenters. The molecule has 2 aliphatic carbocycles. The van der Waals surface area contributed by atoms with Crippen LogP contribution >= 0.6 is 0 Å². The fourth-order valence-corrected chi connectivity index (χ4v) is 11.6. The first-order valence-electron chi connectivity index (χ1n) is 21.2. The second kappa shape index (κ2) is 14.5. The van der Waals surface area contributed by atoms with E-state index in [2.05, 4.69) is 101 Å². The van der Waals surface area contributed by atoms with Gasteiger partial charge in [-0.15, -0.1) is 0 Å². The van der Waals surface area contributed by atoms with Gasteiger partial charge in [0.2, 0.25) is 5.91 Å². The van der Waals surface area contributed by atoms with Crippen LogP contribution in [0.2, 0.25) is 0 Å². The largest absolute Gasteiger partial charge is 0.497 e. The number of benzene rings is 6. The summed E-state index contributed by atoms with van der Waals surface area (Å²) in [5, 5.41) is 1.95. The molecule has 0 bridgehead atoms. The number of hydrogen-bond acceptors (Lipinski definition) is 6. The summed E-state index contributed by atoms with van der Waals surface area (Å²) in [5.74, 6) is 2.56. The predicted octanol–water partition coefficient (Wildman–Crippen LogP) is 12.0. The molecule has 1 saturated carbocycles. The Morgan fingerprint density at radius 3 is 1.82 bits per heavy atom. The number of primary amides is 1. The SMILES string of the molecule is COc1ccc(C2(c3ccc(OC)cc3)C=Cc3c4c(c5cc(C(C)C(N)=O)c(-c6ccc(OC)cc6OC)cc5c3O2)-c2ccccc2C42CC(C)(C)CC(C)(C)C2)cc1. The van der Waals surface area contributed by atoms with E-state index < -0.39 is 17.4 Å². The van der Waals surface area contributed by atoms with Gasteiger partial charge in [-0.05, 0) is 130 Å². The summed E-state index contributed by atoms with van der Waals surface area (Å²) in [4.78, 5) is 13.3. The average Bonchev–Trinajstić information content (AvgIpc) is 3.52. The van der Waals surface area contributed by atoms with Gasteiger partial charge in [0.15, 0.2) is 5.60 Å². The number of methoxy groups -OCH3 is 4. The molecule has 2 N–H and O–H groups in total. The van der Waals surface area contributed by atoms with Gasteiger partial charge in [-0.2, -0.15) is 0 Å². The maximum absolute atomic E-state index is 13.3. The number of amides is 1. The molecule has 3 aliphatic rings. The lowest BCUT2D eigenvalue weighted by Crippen LogP contribution is -2.44. The van der Waals surface area contributed by atoms with Crippen molar-refractivity contribution < 1.29 is 28.5 Å². The Morgan fingerprint density at radius 2 is 1.25 bits per heavy atom. The van der Waals surface area contributed by atoms with Crippen LogP contribution in [0.1, 0.15) is 93.2 Å². The number of carbonyl (C=O) groups is 1. The molecule has 6 aromatic rings. The van der Waals surface area contributed by atoms with Crippen LogP contribution in [0.5, 0.6) is 28.7 Å². The van der Waals surface area contributed by atoms with E-state index >= 15 is 0 Å². The maximum atomic E-state index is 13.3. The van der Waals surface area contributed by atoms with Crippen molar-refractivity contribution in [2.75, 3.05) is 28.4 Å². The molecule has 61 heavy (non-hydrogen) atoms. The number of carbonyl (C=O) groups excluding carboxylic acids is 1. The Balaban J connectivity index is 1.45. The van der Waals surface area contributed by atoms with Crippen LogP contribution in [-0.2, 0) is 15.8 Å². The maximum Gasteiger partial charge on any atom is 0.224 e. The lowest BCUT2D eigenvalue weighted by molar-refractivity contribution is -0.119. The number of rotatable bonds is 9. The van der Waals surface area contributed by atoms with Gasteiger partial charge in [-0.25, -0.2) is 0 Å². The van der Waals surface area contributed by atoms with Gasteiger partial charge in [-0.3, -0.25) is 4.79 Å². The Morgan fingerprint density at radius 1 is 0.656 bits per heavy atom. The zero-order chi connectivity index (χ0) is 43.1. The van der Waals surface area contributed by atoms with Crippen molar-refractivity contribution in [2.45, 2.75) is 70.8 Å². The molecule has 7 heteroatoms. The molecular weight excluding hydrogens is 759 g/mol. The summed E-state index contributed by atoms with van der Waals surface area (Å²) in [6, 6.07) is 35.4. The number of fused-ring (bicyclic) bond motifs is 10. The van der Waals surface area contributed by atoms with Gasteiger partial charge in [0.25, 0.3) is 0 Å². The lowest BCUT2D eigenvalue weighted by atomic mass is 9.52. The highest BCUT2D eigenvalue weighted by Gasteiger charge is 2.55. The first-order valence-corrected chi connectivity index (χ1v) is 21.2. The summed E-state index contributed by atoms with van der Waals surface area (Å²) < 4.78 is 30.7. The smallest absolute Gasteiger partial charge is 0.224 e. The number of ether oxygens (including phenoxy) is 5. The van der Waals surface area contributed by atoms with Crippen molar-refractivity contribution in [3.63, 3.8) is 0 Å². The van der Waals surface area contributed by atoms with Crippen molar-refractivity contribution in [2.24, 2.45) is 16.6 Å². The summed E-state index contributed by atoms with van der Waals surface area (Å²) in [6.45, 7) is 11.6. The summed E-state index contributed by atoms with van der Waals surface area (Å²) in [6.07, 6.45) is 7.63. The highest BCUT2D eigenvalue weighted by atomic mass is 16.5. The minimum atomic E-state index is -1.03. The third kappa shape index (κ3) is 6.35. The van der Waals surface area contributed by atoms with E-state index in [0.29, 0.717) is 11.5 Å². The van der Waals surface area contributed by atoms with Gasteiger partial charge in [0, 0.05) is 39.1 Å². The molecule has 0 saturated heterocycles. The molecule has 0 aromatic heterocycles. The zero-order valence-corrected chi connectivity index (χ0v) is 36.7. The third-order valence-electron chi connectivity index (χ3n) is 13.6. The Bertz CT molecular complexity index is 2680. The first-order chi connectivity index (χ1) is 29.2. The van der Waals surface area contributed by atoms with Crippen LogP contribution in [0.4, 0.5) is 0 Å². The van der Waals surface area contributed by atoms with E-state index in [-0.39, 0.29) is 16.2 Å². The molecule has 1 amide bonds. The fourth-order valence-electron chi connectivity index (χ4n) is 11.6. The normalized spacial score (nSPS) is 17.7. The molecule has 7 nitrogen and oxygen atoms in total. The Labute approximate surface area is 359 Å². The monoisotopic (exact) mass is 813 g/mol. The van der Waals surface area contributed by atoms with Crippen LogP contribution < -0.4 is 29.4 Å². The summed E-state index contributed by atoms with van der Waals surface area (Å²) in [5.41, 5.74) is 15.5. The molecule has 312 valence electrons. The van der Waals surface area contributed by atoms with Crippen LogP contribution in [0.25, 0.3) is 39.1 Å². The molecular formula is C54H55NO6. The molecule has 1 fully saturated rings. The van der Waals surface area contributed by atoms with E-state index in [0.717, 1.165) is 80.7 Å². The second-order valence-corrected chi connectivity index (χ2v) is 18.8. The standard InChI is InChI=1S/C54H55NO6/c1-32(50(55)56)41-27-43-44(28-42(41)38-23-22-37(59-8)26-46(38)60-9)49-40(48-47(43)39-12-10-11-13-45(39)53(48)30-51(2,3)29-52(4,5)31-53)24-25-54(61-49,33-14-18-35(57-6)19-15-33)34-16-20-36(58-7)21-17-34/h10-28,32H,29-31H2,1-9H3,(H2,55,56). The van der Waals surface area contributed by atoms with Gasteiger partial charge in [0.1, 0.15) is 28.7 Å². The fraction of sp³-hybridized carbons (Fsp3) is 0.315. The van der Waals surface area contributed by atoms with Crippen molar-refractivity contribution >= 4 is 22.8 Å². The topological polar surface area (TPSA) is 89.2 Å². The van der Waals surface area contributed by atoms with Crippen LogP contribution in [0.3, 0.4) is 0 Å². The summed E-state index contributed by atoms with van der Waals surface area (Å²) >= 11 is 0. The Hall–Kier alpha value is -6.21. The van der Waals surface area contributed by atoms with Crippen molar-refractivity contribution in [3.8, 4) is 51.0 Å². The van der Waals surface area contributed by atoms with Crippen molar-refractivity contribution in [3.05, 3.63) is 143 Å². The molecule has 1 aliphatic heterocycles. The molecule has 1 atom stereocenters. The highest BCUT2D eigenvalue weighted by Crippen LogP contribution is 2.67. The average molecular weight is 814 g/mol. The highest BCUT2D eigenvalue weighted by molar-refractivity contribution is 6.11. The van der Waals surface area contributed by atoms with Gasteiger partial charge in [-0.1, -0.05) is 82.3 Å². The molecule has 1 spiro atoms. The van der Waals surface area contributed by atoms with Crippen LogP contribution in [0, 0.1) is 10.8 Å². The van der Waals surface area contributed by atoms with Crippen molar-refractivity contribution in [1.29, 1.82) is 0 Å². The molecule has 6 aromatic carbocycles. The second-order valence-electron chi connectivity index (χ2n) is 18.8. The van der Waals surface area contributed by atoms with E-state index in [1.807, 2.05) is 49.4 Å². The zero-order valence-electron chi connectivity index (χ0n) is 36.7. The van der Waals surface area contributed by atoms with E-state index in [1.54, 1.807) is 28.4 Å². The number of hydrogen-bond donors (Lipinski definition) is 1. The Kier molecular flexibility index (Phi) is 9.54. The lowest BCUT2D eigenvalue weighted by Gasteiger charge is -2.52. The molecule has 0 radical (unpaired) electrons. The number of nitrogens with two attached hydrogens (primary N) is 1. The van der Waals surface area contributed by atoms with Crippen LogP contribution in [-0.4, -0.2) is 34.3 Å². The quantitative estimate of drug-likeness (QED) is 0.156. The van der Waals surface area contributed by atoms with Gasteiger partial charge in [0.05, 0.1) is 34.4 Å². The third-order valence-corrected chi connectivity index (χ3v) is 13.6. The van der Waals surface area contributed by atoms with E-state index in [1.165, 1.54) is 22.3 Å². The van der Waals surface area contributed by atoms with Gasteiger partial charge < -0.3 is 29.4 Å². The van der Waals surface area contributed by atoms with Gasteiger partial charge >= 0.3 is 0 Å². The minimum absolute atomic E-state index is 0.0495. The van der Waals surface area contributed by atoms with Crippen LogP contribution in [0.15, 0.2) is 109 Å². The van der Waals surface area contributed by atoms with E-state index in [4.69, 9.17) is 29.4 Å². The molecule has 9 rings (SSSR count). The molecule has 1 heterocycles. The summed E-state index contributed by atoms with van der Waals surface area (Å²) in [7, 11) is 6.65. The first kappa shape index (κ1) is 40.2. The van der Waals surface area contributed by atoms with Crippen molar-refractivity contribution in [1.82, 2.24) is 0 Å². The van der Waals surface area contributed by atoms with E-state index in [9.17, 15) is 4.79 Å².